The summed E-state index contributed by atoms with van der Waals surface area (Å²) in [6.07, 6.45) is 0. The van der Waals surface area contributed by atoms with Crippen LogP contribution < -0.4 is 10.9 Å². The van der Waals surface area contributed by atoms with Gasteiger partial charge in [0.25, 0.3) is 5.56 Å². The van der Waals surface area contributed by atoms with Gasteiger partial charge in [-0.3, -0.25) is 4.79 Å². The Morgan fingerprint density at radius 3 is 2.28 bits per heavy atom. The van der Waals surface area contributed by atoms with E-state index >= 15 is 0 Å². The normalized spacial score (nSPS) is 10.8. The van der Waals surface area contributed by atoms with Crippen LogP contribution in [0.1, 0.15) is 0 Å². The summed E-state index contributed by atoms with van der Waals surface area (Å²) in [5.74, 6) is 0.456. The molecule has 1 heterocycles. The van der Waals surface area contributed by atoms with Gasteiger partial charge >= 0.3 is 0 Å². The summed E-state index contributed by atoms with van der Waals surface area (Å²) < 4.78 is 1.56. The summed E-state index contributed by atoms with van der Waals surface area (Å²) in [5, 5.41) is 4.23. The summed E-state index contributed by atoms with van der Waals surface area (Å²) in [7, 11) is 0. The molecule has 25 heavy (non-hydrogen) atoms. The molecule has 0 unspecified atom stereocenters. The molecule has 0 aliphatic carbocycles. The van der Waals surface area contributed by atoms with Crippen LogP contribution in [0.3, 0.4) is 0 Å². The van der Waals surface area contributed by atoms with Crippen LogP contribution in [-0.4, -0.2) is 9.55 Å². The van der Waals surface area contributed by atoms with Gasteiger partial charge in [-0.15, -0.1) is 0 Å². The fourth-order valence-corrected chi connectivity index (χ4v) is 2.88. The zero-order chi connectivity index (χ0) is 17.2. The summed E-state index contributed by atoms with van der Waals surface area (Å²) in [6, 6.07) is 24.2. The first kappa shape index (κ1) is 15.4. The lowest BCUT2D eigenvalue weighted by Gasteiger charge is -2.15. The Bertz CT molecular complexity index is 1090. The molecule has 4 rings (SSSR count). The smallest absolute Gasteiger partial charge is 0.267 e. The van der Waals surface area contributed by atoms with Crippen molar-refractivity contribution in [2.75, 3.05) is 5.32 Å². The Morgan fingerprint density at radius 1 is 0.880 bits per heavy atom. The van der Waals surface area contributed by atoms with Gasteiger partial charge in [0.2, 0.25) is 5.95 Å². The van der Waals surface area contributed by atoms with E-state index in [1.165, 1.54) is 0 Å². The average Bonchev–Trinajstić information content (AvgIpc) is 2.64. The lowest BCUT2D eigenvalue weighted by Crippen LogP contribution is -2.22. The molecule has 0 spiro atoms. The quantitative estimate of drug-likeness (QED) is 0.580. The first-order valence-corrected chi connectivity index (χ1v) is 8.20. The molecule has 0 bridgehead atoms. The van der Waals surface area contributed by atoms with Crippen molar-refractivity contribution in [3.63, 3.8) is 0 Å². The molecule has 0 radical (unpaired) electrons. The van der Waals surface area contributed by atoms with E-state index in [1.807, 2.05) is 60.7 Å². The van der Waals surface area contributed by atoms with Gasteiger partial charge in [-0.2, -0.15) is 0 Å². The first-order valence-electron chi connectivity index (χ1n) is 7.82. The molecule has 1 aromatic heterocycles. The Hall–Kier alpha value is -3.11. The molecule has 5 heteroatoms. The van der Waals surface area contributed by atoms with Crippen LogP contribution in [0, 0.1) is 0 Å². The third-order valence-electron chi connectivity index (χ3n) is 3.87. The molecule has 0 aliphatic rings. The maximum atomic E-state index is 13.1. The van der Waals surface area contributed by atoms with Crippen molar-refractivity contribution >= 4 is 34.1 Å². The van der Waals surface area contributed by atoms with E-state index in [0.29, 0.717) is 21.9 Å². The Labute approximate surface area is 149 Å². The van der Waals surface area contributed by atoms with E-state index in [1.54, 1.807) is 22.8 Å². The predicted molar refractivity (Wildman–Crippen MR) is 102 cm³/mol. The summed E-state index contributed by atoms with van der Waals surface area (Å²) in [6.45, 7) is 0. The van der Waals surface area contributed by atoms with Crippen LogP contribution in [0.2, 0.25) is 5.02 Å². The van der Waals surface area contributed by atoms with Crippen molar-refractivity contribution in [3.8, 4) is 5.69 Å². The number of anilines is 2. The van der Waals surface area contributed by atoms with E-state index in [0.717, 1.165) is 11.4 Å². The van der Waals surface area contributed by atoms with Crippen LogP contribution in [0.5, 0.6) is 0 Å². The minimum atomic E-state index is -0.169. The molecule has 0 amide bonds. The largest absolute Gasteiger partial charge is 0.325 e. The molecule has 122 valence electrons. The highest BCUT2D eigenvalue weighted by atomic mass is 35.5. The molecule has 4 nitrogen and oxygen atoms in total. The second-order valence-electron chi connectivity index (χ2n) is 5.56. The van der Waals surface area contributed by atoms with E-state index in [-0.39, 0.29) is 5.56 Å². The average molecular weight is 348 g/mol. The number of para-hydroxylation sites is 2. The highest BCUT2D eigenvalue weighted by Gasteiger charge is 2.13. The van der Waals surface area contributed by atoms with Gasteiger partial charge in [-0.25, -0.2) is 9.55 Å². The highest BCUT2D eigenvalue weighted by molar-refractivity contribution is 6.31. The van der Waals surface area contributed by atoms with Gasteiger partial charge < -0.3 is 5.32 Å². The zero-order valence-electron chi connectivity index (χ0n) is 13.2. The standard InChI is InChI=1S/C20H14ClN3O/c21-14-11-12-18-17(13-14)19(25)24(16-9-5-2-6-10-16)20(23-18)22-15-7-3-1-4-8-15/h1-13H,(H,22,23). The van der Waals surface area contributed by atoms with Crippen molar-refractivity contribution in [2.45, 2.75) is 0 Å². The van der Waals surface area contributed by atoms with Gasteiger partial charge in [0.05, 0.1) is 16.6 Å². The number of hydrogen-bond acceptors (Lipinski definition) is 3. The number of nitrogens with one attached hydrogen (secondary N) is 1. The highest BCUT2D eigenvalue weighted by Crippen LogP contribution is 2.21. The maximum absolute atomic E-state index is 13.1. The van der Waals surface area contributed by atoms with Gasteiger partial charge in [-0.1, -0.05) is 48.0 Å². The molecule has 0 saturated carbocycles. The fraction of sp³-hybridized carbons (Fsp3) is 0. The van der Waals surface area contributed by atoms with E-state index in [2.05, 4.69) is 10.3 Å². The van der Waals surface area contributed by atoms with Crippen LogP contribution >= 0.6 is 11.6 Å². The SMILES string of the molecule is O=c1c2cc(Cl)ccc2nc(Nc2ccccc2)n1-c1ccccc1. The maximum Gasteiger partial charge on any atom is 0.267 e. The van der Waals surface area contributed by atoms with Gasteiger partial charge in [0, 0.05) is 10.7 Å². The van der Waals surface area contributed by atoms with E-state index in [4.69, 9.17) is 11.6 Å². The minimum absolute atomic E-state index is 0.169. The van der Waals surface area contributed by atoms with Crippen molar-refractivity contribution < 1.29 is 0 Å². The minimum Gasteiger partial charge on any atom is -0.325 e. The number of fused-ring (bicyclic) bond motifs is 1. The van der Waals surface area contributed by atoms with Crippen molar-refractivity contribution in [1.29, 1.82) is 0 Å². The third-order valence-corrected chi connectivity index (χ3v) is 4.11. The monoisotopic (exact) mass is 347 g/mol. The van der Waals surface area contributed by atoms with Crippen LogP contribution in [0.25, 0.3) is 16.6 Å². The Morgan fingerprint density at radius 2 is 1.56 bits per heavy atom. The van der Waals surface area contributed by atoms with Gasteiger partial charge in [0.15, 0.2) is 0 Å². The van der Waals surface area contributed by atoms with Crippen LogP contribution in [-0.2, 0) is 0 Å². The number of benzene rings is 3. The first-order chi connectivity index (χ1) is 12.2. The lowest BCUT2D eigenvalue weighted by atomic mass is 10.2. The molecule has 0 atom stereocenters. The lowest BCUT2D eigenvalue weighted by molar-refractivity contribution is 0.974. The van der Waals surface area contributed by atoms with Crippen molar-refractivity contribution in [3.05, 3.63) is 94.2 Å². The number of aromatic nitrogens is 2. The van der Waals surface area contributed by atoms with Gasteiger partial charge in [0.1, 0.15) is 0 Å². The second-order valence-corrected chi connectivity index (χ2v) is 6.00. The molecular formula is C20H14ClN3O. The number of halogens is 1. The third kappa shape index (κ3) is 2.99. The molecule has 3 aromatic carbocycles. The van der Waals surface area contributed by atoms with E-state index < -0.39 is 0 Å². The Balaban J connectivity index is 1.99. The van der Waals surface area contributed by atoms with Crippen LogP contribution in [0.15, 0.2) is 83.7 Å². The number of hydrogen-bond donors (Lipinski definition) is 1. The molecular weight excluding hydrogens is 334 g/mol. The fourth-order valence-electron chi connectivity index (χ4n) is 2.71. The summed E-state index contributed by atoms with van der Waals surface area (Å²) in [4.78, 5) is 17.8. The molecule has 0 aliphatic heterocycles. The predicted octanol–water partition coefficient (Wildman–Crippen LogP) is 4.78. The van der Waals surface area contributed by atoms with E-state index in [9.17, 15) is 4.79 Å². The number of rotatable bonds is 3. The Kier molecular flexibility index (Phi) is 3.96. The van der Waals surface area contributed by atoms with Gasteiger partial charge in [-0.05, 0) is 42.5 Å². The molecule has 4 aromatic rings. The summed E-state index contributed by atoms with van der Waals surface area (Å²) in [5.41, 5.74) is 2.02. The van der Waals surface area contributed by atoms with Crippen molar-refractivity contribution in [1.82, 2.24) is 9.55 Å². The van der Waals surface area contributed by atoms with Crippen molar-refractivity contribution in [2.24, 2.45) is 0 Å². The number of nitrogens with zero attached hydrogens (tertiary/aromatic N) is 2. The molecule has 1 N–H and O–H groups in total. The van der Waals surface area contributed by atoms with Crippen LogP contribution in [0.4, 0.5) is 11.6 Å². The summed E-state index contributed by atoms with van der Waals surface area (Å²) >= 11 is 6.07. The second kappa shape index (κ2) is 6.42. The molecule has 0 saturated heterocycles. The topological polar surface area (TPSA) is 46.9 Å². The molecule has 0 fully saturated rings. The zero-order valence-corrected chi connectivity index (χ0v) is 13.9.